The lowest BCUT2D eigenvalue weighted by Crippen LogP contribution is -2.34. The summed E-state index contributed by atoms with van der Waals surface area (Å²) in [5, 5.41) is 8.69. The second-order valence-electron chi connectivity index (χ2n) is 5.62. The van der Waals surface area contributed by atoms with E-state index in [-0.39, 0.29) is 30.2 Å². The number of carbonyl (C=O) groups is 2. The van der Waals surface area contributed by atoms with Gasteiger partial charge in [0.05, 0.1) is 11.4 Å². The van der Waals surface area contributed by atoms with Crippen LogP contribution in [-0.2, 0) is 4.79 Å². The molecule has 2 amide bonds. The predicted molar refractivity (Wildman–Crippen MR) is 85.9 cm³/mol. The number of fused-ring (bicyclic) bond motifs is 1. The summed E-state index contributed by atoms with van der Waals surface area (Å²) in [6.45, 7) is 2.59. The molecular formula is C16H20N4O3. The Balaban J connectivity index is 1.75. The third-order valence-corrected chi connectivity index (χ3v) is 3.72. The molecule has 122 valence electrons. The van der Waals surface area contributed by atoms with Gasteiger partial charge in [-0.1, -0.05) is 0 Å². The Bertz CT molecular complexity index is 680. The lowest BCUT2D eigenvalue weighted by Gasteiger charge is -2.23. The predicted octanol–water partition coefficient (Wildman–Crippen LogP) is 0.689. The van der Waals surface area contributed by atoms with Crippen molar-refractivity contribution >= 4 is 17.5 Å². The summed E-state index contributed by atoms with van der Waals surface area (Å²) < 4.78 is 5.64. The molecule has 2 aliphatic rings. The van der Waals surface area contributed by atoms with Crippen molar-refractivity contribution in [3.8, 4) is 5.75 Å². The number of anilines is 1. The molecule has 0 bridgehead atoms. The van der Waals surface area contributed by atoms with Crippen LogP contribution in [0, 0.1) is 0 Å². The summed E-state index contributed by atoms with van der Waals surface area (Å²) in [7, 11) is 0. The molecule has 0 unspecified atom stereocenters. The zero-order valence-electron chi connectivity index (χ0n) is 12.9. The maximum absolute atomic E-state index is 12.0. The van der Waals surface area contributed by atoms with Crippen LogP contribution >= 0.6 is 0 Å². The minimum Gasteiger partial charge on any atom is -0.485 e. The van der Waals surface area contributed by atoms with Gasteiger partial charge in [-0.2, -0.15) is 0 Å². The van der Waals surface area contributed by atoms with Gasteiger partial charge in [0.15, 0.2) is 0 Å². The van der Waals surface area contributed by atoms with Crippen molar-refractivity contribution in [2.24, 2.45) is 5.73 Å². The normalized spacial score (nSPS) is 18.1. The second kappa shape index (κ2) is 6.20. The maximum Gasteiger partial charge on any atom is 0.269 e. The average molecular weight is 316 g/mol. The molecule has 0 spiro atoms. The van der Waals surface area contributed by atoms with E-state index < -0.39 is 0 Å². The van der Waals surface area contributed by atoms with Crippen molar-refractivity contribution in [1.29, 1.82) is 0 Å². The van der Waals surface area contributed by atoms with Crippen LogP contribution in [-0.4, -0.2) is 31.0 Å². The van der Waals surface area contributed by atoms with Gasteiger partial charge in [-0.05, 0) is 38.0 Å². The zero-order valence-corrected chi connectivity index (χ0v) is 12.9. The smallest absolute Gasteiger partial charge is 0.269 e. The van der Waals surface area contributed by atoms with E-state index in [0.717, 1.165) is 12.8 Å². The van der Waals surface area contributed by atoms with Gasteiger partial charge in [0, 0.05) is 18.2 Å². The molecule has 0 radical (unpaired) electrons. The molecule has 1 fully saturated rings. The first-order valence-electron chi connectivity index (χ1n) is 7.70. The lowest BCUT2D eigenvalue weighted by atomic mass is 10.1. The van der Waals surface area contributed by atoms with E-state index in [1.165, 1.54) is 0 Å². The Kier molecular flexibility index (Phi) is 4.10. The van der Waals surface area contributed by atoms with Gasteiger partial charge in [0.25, 0.3) is 11.8 Å². The Labute approximate surface area is 134 Å². The highest BCUT2D eigenvalue weighted by molar-refractivity contribution is 5.96. The Morgan fingerprint density at radius 3 is 2.87 bits per heavy atom. The van der Waals surface area contributed by atoms with Crippen molar-refractivity contribution in [1.82, 2.24) is 10.6 Å². The fourth-order valence-corrected chi connectivity index (χ4v) is 2.27. The lowest BCUT2D eigenvalue weighted by molar-refractivity contribution is -0.117. The molecule has 7 heteroatoms. The van der Waals surface area contributed by atoms with Crippen molar-refractivity contribution in [3.63, 3.8) is 0 Å². The molecule has 1 aromatic rings. The van der Waals surface area contributed by atoms with Gasteiger partial charge in [-0.15, -0.1) is 0 Å². The van der Waals surface area contributed by atoms with Crippen LogP contribution in [0.4, 0.5) is 5.69 Å². The average Bonchev–Trinajstić information content (AvgIpc) is 3.37. The number of amides is 2. The van der Waals surface area contributed by atoms with E-state index in [1.807, 2.05) is 6.92 Å². The number of nitrogens with one attached hydrogen (secondary N) is 3. The monoisotopic (exact) mass is 316 g/mol. The molecule has 1 heterocycles. The SMILES string of the molecule is CCNC(=O)c1ccc2c(c1)OC/C(=C(/N)C(=O)NC1CC1)N2. The number of rotatable bonds is 4. The Morgan fingerprint density at radius 2 is 2.17 bits per heavy atom. The topological polar surface area (TPSA) is 105 Å². The van der Waals surface area contributed by atoms with Crippen LogP contribution < -0.4 is 26.4 Å². The third-order valence-electron chi connectivity index (χ3n) is 3.72. The highest BCUT2D eigenvalue weighted by Gasteiger charge is 2.26. The van der Waals surface area contributed by atoms with Gasteiger partial charge >= 0.3 is 0 Å². The van der Waals surface area contributed by atoms with Crippen LogP contribution in [0.2, 0.25) is 0 Å². The van der Waals surface area contributed by atoms with Crippen molar-refractivity contribution in [3.05, 3.63) is 35.2 Å². The van der Waals surface area contributed by atoms with Crippen LogP contribution in [0.3, 0.4) is 0 Å². The quantitative estimate of drug-likeness (QED) is 0.612. The number of hydrogen-bond acceptors (Lipinski definition) is 5. The first kappa shape index (κ1) is 15.2. The van der Waals surface area contributed by atoms with Gasteiger partial charge in [0.2, 0.25) is 0 Å². The molecule has 3 rings (SSSR count). The fourth-order valence-electron chi connectivity index (χ4n) is 2.27. The summed E-state index contributed by atoms with van der Waals surface area (Å²) in [6.07, 6.45) is 2.01. The van der Waals surface area contributed by atoms with E-state index in [1.54, 1.807) is 18.2 Å². The minimum absolute atomic E-state index is 0.135. The van der Waals surface area contributed by atoms with Crippen molar-refractivity contribution < 1.29 is 14.3 Å². The van der Waals surface area contributed by atoms with Gasteiger partial charge in [0.1, 0.15) is 18.1 Å². The molecule has 0 saturated heterocycles. The molecule has 0 atom stereocenters. The summed E-state index contributed by atoms with van der Waals surface area (Å²) in [6, 6.07) is 5.36. The molecule has 5 N–H and O–H groups in total. The summed E-state index contributed by atoms with van der Waals surface area (Å²) in [4.78, 5) is 23.8. The van der Waals surface area contributed by atoms with E-state index in [2.05, 4.69) is 16.0 Å². The van der Waals surface area contributed by atoms with E-state index in [0.29, 0.717) is 29.2 Å². The number of benzene rings is 1. The number of nitrogens with two attached hydrogens (primary N) is 1. The molecule has 1 aromatic carbocycles. The summed E-state index contributed by atoms with van der Waals surface area (Å²) in [5.41, 5.74) is 7.78. The van der Waals surface area contributed by atoms with Crippen LogP contribution in [0.1, 0.15) is 30.1 Å². The van der Waals surface area contributed by atoms with Gasteiger partial charge < -0.3 is 26.4 Å². The molecule has 23 heavy (non-hydrogen) atoms. The van der Waals surface area contributed by atoms with Crippen LogP contribution in [0.25, 0.3) is 0 Å². The number of ether oxygens (including phenoxy) is 1. The maximum atomic E-state index is 12.0. The van der Waals surface area contributed by atoms with Crippen molar-refractivity contribution in [2.45, 2.75) is 25.8 Å². The highest BCUT2D eigenvalue weighted by Crippen LogP contribution is 2.31. The molecule has 1 saturated carbocycles. The standard InChI is InChI=1S/C16H20N4O3/c1-2-18-15(21)9-3-6-11-13(7-9)23-8-12(20-11)14(17)16(22)19-10-4-5-10/h3,6-7,10,20H,2,4-5,8,17H2,1H3,(H,18,21)(H,19,22)/b14-12-. The molecule has 1 aliphatic heterocycles. The summed E-state index contributed by atoms with van der Waals surface area (Å²) >= 11 is 0. The van der Waals surface area contributed by atoms with Crippen LogP contribution in [0.15, 0.2) is 29.6 Å². The Morgan fingerprint density at radius 1 is 1.39 bits per heavy atom. The molecule has 1 aliphatic carbocycles. The second-order valence-corrected chi connectivity index (χ2v) is 5.62. The van der Waals surface area contributed by atoms with Gasteiger partial charge in [-0.25, -0.2) is 0 Å². The number of carbonyl (C=O) groups excluding carboxylic acids is 2. The summed E-state index contributed by atoms with van der Waals surface area (Å²) in [5.74, 6) is 0.137. The largest absolute Gasteiger partial charge is 0.485 e. The molecule has 7 nitrogen and oxygen atoms in total. The first-order chi connectivity index (χ1) is 11.1. The van der Waals surface area contributed by atoms with E-state index >= 15 is 0 Å². The molecule has 0 aromatic heterocycles. The van der Waals surface area contributed by atoms with Crippen LogP contribution in [0.5, 0.6) is 5.75 Å². The van der Waals surface area contributed by atoms with E-state index in [9.17, 15) is 9.59 Å². The fraction of sp³-hybridized carbons (Fsp3) is 0.375. The third kappa shape index (κ3) is 3.39. The first-order valence-corrected chi connectivity index (χ1v) is 7.70. The highest BCUT2D eigenvalue weighted by atomic mass is 16.5. The minimum atomic E-state index is -0.277. The van der Waals surface area contributed by atoms with Crippen molar-refractivity contribution in [2.75, 3.05) is 18.5 Å². The molecular weight excluding hydrogens is 296 g/mol. The Hall–Kier alpha value is -2.70. The number of hydrogen-bond donors (Lipinski definition) is 4. The van der Waals surface area contributed by atoms with E-state index in [4.69, 9.17) is 10.5 Å². The van der Waals surface area contributed by atoms with Gasteiger partial charge in [-0.3, -0.25) is 9.59 Å². The zero-order chi connectivity index (χ0) is 16.4.